The van der Waals surface area contributed by atoms with Crippen LogP contribution in [0.2, 0.25) is 0 Å². The van der Waals surface area contributed by atoms with Gasteiger partial charge in [0.05, 0.1) is 11.1 Å². The van der Waals surface area contributed by atoms with Crippen LogP contribution in [0.5, 0.6) is 0 Å². The maximum Gasteiger partial charge on any atom is 0.253 e. The fraction of sp³-hybridized carbons (Fsp3) is 0.400. The highest BCUT2D eigenvalue weighted by molar-refractivity contribution is 6.04. The molecule has 0 saturated carbocycles. The highest BCUT2D eigenvalue weighted by atomic mass is 35.5. The molecular formula is C15H19ClN4O. The Kier molecular flexibility index (Phi) is 5.09. The summed E-state index contributed by atoms with van der Waals surface area (Å²) in [7, 11) is 0. The van der Waals surface area contributed by atoms with Crippen molar-refractivity contribution in [3.8, 4) is 0 Å². The summed E-state index contributed by atoms with van der Waals surface area (Å²) in [5.41, 5.74) is 1.99. The molecule has 2 unspecified atom stereocenters. The maximum atomic E-state index is 12.5. The molecular weight excluding hydrogens is 288 g/mol. The molecule has 1 amide bonds. The standard InChI is InChI=1S/C15H18N4O.ClH/c1-10-12(6-3-7-16-10)19-15(20)11-4-2-5-13-14(11)18-9-8-17-13;/h2,4-5,8-10,12,16H,3,6-7H2,1H3,(H,19,20);1H. The fourth-order valence-corrected chi connectivity index (χ4v) is 2.66. The monoisotopic (exact) mass is 306 g/mol. The molecule has 1 aromatic heterocycles. The van der Waals surface area contributed by atoms with Gasteiger partial charge in [-0.25, -0.2) is 0 Å². The van der Waals surface area contributed by atoms with Crippen LogP contribution in [0, 0.1) is 0 Å². The molecule has 0 radical (unpaired) electrons. The van der Waals surface area contributed by atoms with Crippen LogP contribution in [0.25, 0.3) is 11.0 Å². The van der Waals surface area contributed by atoms with Crippen molar-refractivity contribution in [2.24, 2.45) is 0 Å². The Morgan fingerprint density at radius 1 is 1.33 bits per heavy atom. The Balaban J connectivity index is 0.00000161. The zero-order valence-electron chi connectivity index (χ0n) is 11.9. The average molecular weight is 307 g/mol. The lowest BCUT2D eigenvalue weighted by molar-refractivity contribution is 0.0921. The van der Waals surface area contributed by atoms with E-state index in [1.807, 2.05) is 12.1 Å². The number of hydrogen-bond donors (Lipinski definition) is 2. The van der Waals surface area contributed by atoms with Gasteiger partial charge in [-0.3, -0.25) is 14.8 Å². The van der Waals surface area contributed by atoms with Crippen LogP contribution >= 0.6 is 12.4 Å². The minimum absolute atomic E-state index is 0. The van der Waals surface area contributed by atoms with Gasteiger partial charge in [0.15, 0.2) is 0 Å². The Hall–Kier alpha value is -1.72. The molecule has 1 fully saturated rings. The molecule has 1 aliphatic heterocycles. The summed E-state index contributed by atoms with van der Waals surface area (Å²) in [5, 5.41) is 6.49. The van der Waals surface area contributed by atoms with Gasteiger partial charge in [0.1, 0.15) is 5.52 Å². The number of carbonyl (C=O) groups is 1. The maximum absolute atomic E-state index is 12.5. The summed E-state index contributed by atoms with van der Waals surface area (Å²) in [5.74, 6) is -0.0725. The lowest BCUT2D eigenvalue weighted by Crippen LogP contribution is -2.51. The average Bonchev–Trinajstić information content (AvgIpc) is 2.49. The van der Waals surface area contributed by atoms with Crippen LogP contribution in [-0.4, -0.2) is 34.5 Å². The second kappa shape index (κ2) is 6.83. The third-order valence-electron chi connectivity index (χ3n) is 3.82. The summed E-state index contributed by atoms with van der Waals surface area (Å²) < 4.78 is 0. The minimum Gasteiger partial charge on any atom is -0.348 e. The van der Waals surface area contributed by atoms with Gasteiger partial charge in [0, 0.05) is 24.5 Å². The summed E-state index contributed by atoms with van der Waals surface area (Å²) in [6.07, 6.45) is 5.35. The number of nitrogens with one attached hydrogen (secondary N) is 2. The number of para-hydroxylation sites is 1. The number of nitrogens with zero attached hydrogens (tertiary/aromatic N) is 2. The number of benzene rings is 1. The molecule has 2 heterocycles. The highest BCUT2D eigenvalue weighted by Gasteiger charge is 2.23. The number of halogens is 1. The Morgan fingerprint density at radius 3 is 2.95 bits per heavy atom. The first kappa shape index (κ1) is 15.7. The van der Waals surface area contributed by atoms with E-state index >= 15 is 0 Å². The van der Waals surface area contributed by atoms with Crippen LogP contribution in [0.1, 0.15) is 30.1 Å². The Morgan fingerprint density at radius 2 is 2.14 bits per heavy atom. The molecule has 0 spiro atoms. The largest absolute Gasteiger partial charge is 0.348 e. The molecule has 0 aliphatic carbocycles. The van der Waals surface area contributed by atoms with Crippen molar-refractivity contribution in [1.82, 2.24) is 20.6 Å². The van der Waals surface area contributed by atoms with Gasteiger partial charge >= 0.3 is 0 Å². The van der Waals surface area contributed by atoms with Crippen molar-refractivity contribution in [3.05, 3.63) is 36.2 Å². The van der Waals surface area contributed by atoms with Crippen LogP contribution in [-0.2, 0) is 0 Å². The third kappa shape index (κ3) is 3.31. The molecule has 2 atom stereocenters. The first-order valence-electron chi connectivity index (χ1n) is 6.99. The predicted octanol–water partition coefficient (Wildman–Crippen LogP) is 1.92. The smallest absolute Gasteiger partial charge is 0.253 e. The summed E-state index contributed by atoms with van der Waals surface area (Å²) in [6, 6.07) is 5.97. The van der Waals surface area contributed by atoms with Crippen LogP contribution < -0.4 is 10.6 Å². The number of hydrogen-bond acceptors (Lipinski definition) is 4. The molecule has 1 aliphatic rings. The normalized spacial score (nSPS) is 21.6. The van der Waals surface area contributed by atoms with Gasteiger partial charge in [-0.15, -0.1) is 12.4 Å². The summed E-state index contributed by atoms with van der Waals surface area (Å²) in [4.78, 5) is 21.0. The number of rotatable bonds is 2. The molecule has 112 valence electrons. The Labute approximate surface area is 130 Å². The van der Waals surface area contributed by atoms with Crippen molar-refractivity contribution >= 4 is 29.3 Å². The zero-order chi connectivity index (χ0) is 13.9. The van der Waals surface area contributed by atoms with Crippen LogP contribution in [0.15, 0.2) is 30.6 Å². The minimum atomic E-state index is -0.0725. The van der Waals surface area contributed by atoms with Crippen LogP contribution in [0.4, 0.5) is 0 Å². The number of carbonyl (C=O) groups excluding carboxylic acids is 1. The number of piperidine rings is 1. The van der Waals surface area contributed by atoms with E-state index in [4.69, 9.17) is 0 Å². The highest BCUT2D eigenvalue weighted by Crippen LogP contribution is 2.15. The lowest BCUT2D eigenvalue weighted by Gasteiger charge is -2.30. The molecule has 5 nitrogen and oxygen atoms in total. The van der Waals surface area contributed by atoms with Crippen molar-refractivity contribution in [2.75, 3.05) is 6.54 Å². The number of amides is 1. The van der Waals surface area contributed by atoms with E-state index in [1.165, 1.54) is 0 Å². The van der Waals surface area contributed by atoms with E-state index in [-0.39, 0.29) is 24.4 Å². The number of aromatic nitrogens is 2. The second-order valence-corrected chi connectivity index (χ2v) is 5.19. The molecule has 6 heteroatoms. The zero-order valence-corrected chi connectivity index (χ0v) is 12.7. The molecule has 0 bridgehead atoms. The fourth-order valence-electron chi connectivity index (χ4n) is 2.66. The van der Waals surface area contributed by atoms with E-state index in [1.54, 1.807) is 18.5 Å². The first-order valence-corrected chi connectivity index (χ1v) is 6.99. The van der Waals surface area contributed by atoms with Gasteiger partial charge < -0.3 is 10.6 Å². The van der Waals surface area contributed by atoms with E-state index < -0.39 is 0 Å². The van der Waals surface area contributed by atoms with Crippen molar-refractivity contribution in [3.63, 3.8) is 0 Å². The number of fused-ring (bicyclic) bond motifs is 1. The van der Waals surface area contributed by atoms with Gasteiger partial charge in [-0.05, 0) is 38.4 Å². The van der Waals surface area contributed by atoms with E-state index in [9.17, 15) is 4.79 Å². The van der Waals surface area contributed by atoms with Gasteiger partial charge in [-0.1, -0.05) is 6.07 Å². The molecule has 21 heavy (non-hydrogen) atoms. The molecule has 1 saturated heterocycles. The topological polar surface area (TPSA) is 66.9 Å². The van der Waals surface area contributed by atoms with Crippen LogP contribution in [0.3, 0.4) is 0 Å². The molecule has 2 N–H and O–H groups in total. The summed E-state index contributed by atoms with van der Waals surface area (Å²) in [6.45, 7) is 3.13. The van der Waals surface area contributed by atoms with E-state index in [0.717, 1.165) is 24.9 Å². The summed E-state index contributed by atoms with van der Waals surface area (Å²) >= 11 is 0. The SMILES string of the molecule is CC1NCCCC1NC(=O)c1cccc2nccnc12.Cl. The van der Waals surface area contributed by atoms with Gasteiger partial charge in [0.25, 0.3) is 5.91 Å². The lowest BCUT2D eigenvalue weighted by atomic mass is 9.99. The van der Waals surface area contributed by atoms with Crippen molar-refractivity contribution in [2.45, 2.75) is 31.8 Å². The Bertz CT molecular complexity index is 629. The van der Waals surface area contributed by atoms with E-state index in [2.05, 4.69) is 27.5 Å². The molecule has 1 aromatic carbocycles. The second-order valence-electron chi connectivity index (χ2n) is 5.19. The van der Waals surface area contributed by atoms with Gasteiger partial charge in [-0.2, -0.15) is 0 Å². The van der Waals surface area contributed by atoms with Crippen molar-refractivity contribution < 1.29 is 4.79 Å². The molecule has 3 rings (SSSR count). The first-order chi connectivity index (χ1) is 9.75. The third-order valence-corrected chi connectivity index (χ3v) is 3.82. The van der Waals surface area contributed by atoms with Gasteiger partial charge in [0.2, 0.25) is 0 Å². The van der Waals surface area contributed by atoms with E-state index in [0.29, 0.717) is 17.1 Å². The quantitative estimate of drug-likeness (QED) is 0.889. The van der Waals surface area contributed by atoms with Crippen molar-refractivity contribution in [1.29, 1.82) is 0 Å². The molecule has 2 aromatic rings. The predicted molar refractivity (Wildman–Crippen MR) is 84.7 cm³/mol.